The monoisotopic (exact) mass is 967 g/mol. The molecule has 0 bridgehead atoms. The Hall–Kier alpha value is -1.60. The van der Waals surface area contributed by atoms with E-state index < -0.39 is 0 Å². The van der Waals surface area contributed by atoms with Crippen molar-refractivity contribution in [2.45, 2.75) is 304 Å². The average molecular weight is 968 g/mol. The highest BCUT2D eigenvalue weighted by atomic mass is 16.5. The lowest BCUT2D eigenvalue weighted by Crippen LogP contribution is -2.46. The number of fused-ring (bicyclic) bond motifs is 2. The van der Waals surface area contributed by atoms with Crippen LogP contribution in [0.4, 0.5) is 0 Å². The van der Waals surface area contributed by atoms with E-state index in [2.05, 4.69) is 180 Å². The van der Waals surface area contributed by atoms with Crippen LogP contribution in [-0.4, -0.2) is 12.7 Å². The van der Waals surface area contributed by atoms with E-state index in [4.69, 9.17) is 4.74 Å². The molecule has 2 aromatic carbocycles. The van der Waals surface area contributed by atoms with Crippen LogP contribution in [0.1, 0.15) is 301 Å². The molecule has 0 amide bonds. The lowest BCUT2D eigenvalue weighted by Gasteiger charge is -2.46. The van der Waals surface area contributed by atoms with Crippen molar-refractivity contribution in [3.63, 3.8) is 0 Å². The Bertz CT molecular complexity index is 1710. The molecule has 4 saturated carbocycles. The van der Waals surface area contributed by atoms with Crippen molar-refractivity contribution < 1.29 is 4.74 Å². The molecule has 0 spiro atoms. The van der Waals surface area contributed by atoms with E-state index in [9.17, 15) is 0 Å². The maximum atomic E-state index is 5.74. The smallest absolute Gasteiger partial charge is 0.0726 e. The minimum absolute atomic E-state index is 0.158. The summed E-state index contributed by atoms with van der Waals surface area (Å²) in [6.07, 6.45) is 35.0. The van der Waals surface area contributed by atoms with Crippen LogP contribution < -0.4 is 0 Å². The van der Waals surface area contributed by atoms with Gasteiger partial charge in [0, 0.05) is 7.11 Å². The number of aryl methyl sites for hydroxylation is 2. The van der Waals surface area contributed by atoms with Gasteiger partial charge in [-0.3, -0.25) is 0 Å². The first-order chi connectivity index (χ1) is 32.3. The van der Waals surface area contributed by atoms with Crippen LogP contribution in [0.3, 0.4) is 0 Å². The summed E-state index contributed by atoms with van der Waals surface area (Å²) < 4.78 is 5.74. The molecule has 4 fully saturated rings. The Balaban J connectivity index is 0.000000224. The maximum Gasteiger partial charge on any atom is 0.0726 e. The molecule has 0 aromatic heterocycles. The first-order valence-corrected chi connectivity index (χ1v) is 30.0. The molecule has 6 aliphatic carbocycles. The van der Waals surface area contributed by atoms with Crippen molar-refractivity contribution in [1.82, 2.24) is 0 Å². The molecule has 6 aliphatic rings. The van der Waals surface area contributed by atoms with Gasteiger partial charge in [-0.05, 0) is 174 Å². The Morgan fingerprint density at radius 2 is 0.800 bits per heavy atom. The Kier molecular flexibility index (Phi) is 24.4. The second-order valence-electron chi connectivity index (χ2n) is 30.5. The van der Waals surface area contributed by atoms with Crippen molar-refractivity contribution in [3.05, 3.63) is 70.8 Å². The van der Waals surface area contributed by atoms with Gasteiger partial charge >= 0.3 is 0 Å². The number of ether oxygens (including phenoxy) is 1. The number of hydrogen-bond acceptors (Lipinski definition) is 1. The zero-order chi connectivity index (χ0) is 52.7. The van der Waals surface area contributed by atoms with E-state index in [-0.39, 0.29) is 5.60 Å². The molecule has 0 heterocycles. The molecule has 2 unspecified atom stereocenters. The fraction of sp³-hybridized carbons (Fsp3) is 0.826. The molecule has 2 aromatic rings. The van der Waals surface area contributed by atoms with Gasteiger partial charge in [0.1, 0.15) is 0 Å². The van der Waals surface area contributed by atoms with Gasteiger partial charge in [-0.1, -0.05) is 251 Å². The van der Waals surface area contributed by atoms with Gasteiger partial charge < -0.3 is 4.74 Å². The van der Waals surface area contributed by atoms with Gasteiger partial charge in [0.15, 0.2) is 0 Å². The molecule has 0 radical (unpaired) electrons. The molecular weight excluding hydrogens is 845 g/mol. The number of hydrogen-bond donors (Lipinski definition) is 0. The highest BCUT2D eigenvalue weighted by Crippen LogP contribution is 2.49. The summed E-state index contributed by atoms with van der Waals surface area (Å²) >= 11 is 0. The molecule has 0 aliphatic heterocycles. The normalized spacial score (nSPS) is 23.0. The highest BCUT2D eigenvalue weighted by Gasteiger charge is 2.43. The summed E-state index contributed by atoms with van der Waals surface area (Å²) in [5, 5.41) is 0. The summed E-state index contributed by atoms with van der Waals surface area (Å²) in [6.45, 7) is 44.9. The van der Waals surface area contributed by atoms with Crippen molar-refractivity contribution >= 4 is 0 Å². The van der Waals surface area contributed by atoms with Crippen LogP contribution in [-0.2, 0) is 24.0 Å². The first-order valence-electron chi connectivity index (χ1n) is 30.0. The zero-order valence-corrected chi connectivity index (χ0v) is 51.0. The predicted octanol–water partition coefficient (Wildman–Crippen LogP) is 22.2. The topological polar surface area (TPSA) is 9.23 Å². The second-order valence-corrected chi connectivity index (χ2v) is 30.5. The van der Waals surface area contributed by atoms with Crippen LogP contribution >= 0.6 is 0 Å². The van der Waals surface area contributed by atoms with Crippen LogP contribution in [0.2, 0.25) is 0 Å². The van der Waals surface area contributed by atoms with Gasteiger partial charge in [-0.15, -0.1) is 0 Å². The second kappa shape index (κ2) is 27.3. The lowest BCUT2D eigenvalue weighted by atomic mass is 9.61. The van der Waals surface area contributed by atoms with Crippen LogP contribution in [0, 0.1) is 55.7 Å². The minimum atomic E-state index is 0.158. The molecule has 0 saturated heterocycles. The summed E-state index contributed by atoms with van der Waals surface area (Å²) in [6, 6.07) is 17.9. The Labute approximate surface area is 439 Å². The van der Waals surface area contributed by atoms with Gasteiger partial charge in [-0.25, -0.2) is 0 Å². The molecular formula is C69H122O. The average Bonchev–Trinajstić information content (AvgIpc) is 3.86. The lowest BCUT2D eigenvalue weighted by molar-refractivity contribution is -0.115. The fourth-order valence-electron chi connectivity index (χ4n) is 13.3. The summed E-state index contributed by atoms with van der Waals surface area (Å²) in [5.41, 5.74) is 9.95. The van der Waals surface area contributed by atoms with Crippen LogP contribution in [0.5, 0.6) is 0 Å². The van der Waals surface area contributed by atoms with E-state index in [1.807, 2.05) is 7.11 Å². The predicted molar refractivity (Wildman–Crippen MR) is 313 cm³/mol. The van der Waals surface area contributed by atoms with Gasteiger partial charge in [0.2, 0.25) is 0 Å². The van der Waals surface area contributed by atoms with Crippen LogP contribution in [0.15, 0.2) is 48.5 Å². The molecule has 0 N–H and O–H groups in total. The SMILES string of the molecule is CC(C)(C)C1(C)CCCCC1.CC(C)(C)C1CCCC1.CC(C)(C)C1CCCCC1.CC(C)(C)C1CCCc2ccccc21.CC(C)(C)C1CCc2ccccc2C1.COC1(C(C)(C)C)CCCCC1. The molecule has 2 atom stereocenters. The van der Waals surface area contributed by atoms with Crippen molar-refractivity contribution in [1.29, 1.82) is 0 Å². The Morgan fingerprint density at radius 1 is 0.386 bits per heavy atom. The molecule has 1 heteroatoms. The van der Waals surface area contributed by atoms with E-state index in [1.54, 1.807) is 22.3 Å². The highest BCUT2D eigenvalue weighted by molar-refractivity contribution is 5.34. The molecule has 8 rings (SSSR count). The van der Waals surface area contributed by atoms with Crippen LogP contribution in [0.25, 0.3) is 0 Å². The van der Waals surface area contributed by atoms with Crippen molar-refractivity contribution in [3.8, 4) is 0 Å². The van der Waals surface area contributed by atoms with Crippen molar-refractivity contribution in [2.75, 3.05) is 7.11 Å². The van der Waals surface area contributed by atoms with E-state index in [1.165, 1.54) is 161 Å². The molecule has 70 heavy (non-hydrogen) atoms. The van der Waals surface area contributed by atoms with Gasteiger partial charge in [0.05, 0.1) is 5.60 Å². The van der Waals surface area contributed by atoms with Gasteiger partial charge in [0.25, 0.3) is 0 Å². The largest absolute Gasteiger partial charge is 0.378 e. The summed E-state index contributed by atoms with van der Waals surface area (Å²) in [4.78, 5) is 0. The van der Waals surface area contributed by atoms with Crippen molar-refractivity contribution in [2.24, 2.45) is 55.7 Å². The third-order valence-corrected chi connectivity index (χ3v) is 19.6. The summed E-state index contributed by atoms with van der Waals surface area (Å²) in [7, 11) is 1.87. The van der Waals surface area contributed by atoms with E-state index in [0.717, 1.165) is 23.7 Å². The Morgan fingerprint density at radius 3 is 1.19 bits per heavy atom. The third-order valence-electron chi connectivity index (χ3n) is 19.6. The quantitative estimate of drug-likeness (QED) is 0.277. The summed E-state index contributed by atoms with van der Waals surface area (Å²) in [5.74, 6) is 3.63. The number of methoxy groups -OCH3 is 1. The van der Waals surface area contributed by atoms with E-state index >= 15 is 0 Å². The van der Waals surface area contributed by atoms with Gasteiger partial charge in [-0.2, -0.15) is 0 Å². The third kappa shape index (κ3) is 19.9. The number of benzene rings is 2. The van der Waals surface area contributed by atoms with E-state index in [0.29, 0.717) is 37.9 Å². The molecule has 1 nitrogen and oxygen atoms in total. The zero-order valence-electron chi connectivity index (χ0n) is 51.0. The maximum absolute atomic E-state index is 5.74. The minimum Gasteiger partial charge on any atom is -0.378 e. The standard InChI is InChI=1S/2C14H20.C11H22O.C11H22.C10H20.C9H18/c1-14(2,3)13-10-6-8-11-7-4-5-9-12(11)13;1-14(2,3)13-9-8-11-6-4-5-7-12(11)10-13;1-10(2,3)11(12-4)8-6-5-7-9-11;1-10(2,3)11(4)8-6-5-7-9-11;1-10(2,3)9-7-5-4-6-8-9;1-9(2,3)8-6-4-5-7-8/h4-5,7,9,13H,6,8,10H2,1-3H3;4-7,13H,8-10H2,1-3H3;5-9H2,1-4H3;5-9H2,1-4H3;9H,4-8H2,1-3H3;8H,4-7H2,1-3H3. The first kappa shape index (κ1) is 62.7. The molecule has 404 valence electrons. The fourth-order valence-corrected chi connectivity index (χ4v) is 13.3. The number of rotatable bonds is 1.